The van der Waals surface area contributed by atoms with Gasteiger partial charge in [0.1, 0.15) is 18.6 Å². The summed E-state index contributed by atoms with van der Waals surface area (Å²) < 4.78 is 24.8. The van der Waals surface area contributed by atoms with Crippen molar-refractivity contribution in [2.24, 2.45) is 0 Å². The number of hydrogen-bond donors (Lipinski definition) is 4. The summed E-state index contributed by atoms with van der Waals surface area (Å²) in [5.74, 6) is 0.0113. The minimum absolute atomic E-state index is 0.132. The number of nitrogen functional groups attached to an aromatic ring is 1. The van der Waals surface area contributed by atoms with Crippen LogP contribution in [0.5, 0.6) is 5.75 Å². The van der Waals surface area contributed by atoms with Crippen LogP contribution in [0.4, 0.5) is 25.8 Å². The molecule has 0 heterocycles. The van der Waals surface area contributed by atoms with E-state index in [4.69, 9.17) is 5.73 Å². The van der Waals surface area contributed by atoms with Crippen molar-refractivity contribution < 1.29 is 18.7 Å². The van der Waals surface area contributed by atoms with Gasteiger partial charge in [0.05, 0.1) is 11.4 Å². The van der Waals surface area contributed by atoms with Gasteiger partial charge in [-0.05, 0) is 55.2 Å². The summed E-state index contributed by atoms with van der Waals surface area (Å²) in [7, 11) is 0. The summed E-state index contributed by atoms with van der Waals surface area (Å²) in [6.07, 6.45) is -0.107. The van der Waals surface area contributed by atoms with Crippen LogP contribution in [0, 0.1) is 0 Å². The summed E-state index contributed by atoms with van der Waals surface area (Å²) in [5, 5.41) is 15.2. The molecule has 1 atom stereocenters. The van der Waals surface area contributed by atoms with Crippen molar-refractivity contribution >= 4 is 23.0 Å². The number of carbonyl (C=O) groups is 1. The second-order valence-electron chi connectivity index (χ2n) is 6.37. The fourth-order valence-electron chi connectivity index (χ4n) is 2.55. The standard InChI is InChI=1S/C20H25F2N3O2/c21-12-15(22)3-1-2-4-20(27)25-19-10-7-16(11-18(19)23)24-13-14-5-8-17(26)9-6-14/h5-11,15,24,26H,1-4,12-13,23H2,(H,25,27). The summed E-state index contributed by atoms with van der Waals surface area (Å²) >= 11 is 0. The number of carbonyl (C=O) groups excluding carboxylic acids is 1. The number of phenols is 1. The van der Waals surface area contributed by atoms with Gasteiger partial charge in [-0.25, -0.2) is 8.78 Å². The molecule has 0 radical (unpaired) electrons. The molecule has 2 rings (SSSR count). The van der Waals surface area contributed by atoms with Crippen LogP contribution in [0.25, 0.3) is 0 Å². The number of nitrogens with two attached hydrogens (primary N) is 1. The van der Waals surface area contributed by atoms with Gasteiger partial charge in [-0.2, -0.15) is 0 Å². The minimum atomic E-state index is -1.44. The number of amides is 1. The smallest absolute Gasteiger partial charge is 0.224 e. The number of benzene rings is 2. The molecule has 0 aromatic heterocycles. The van der Waals surface area contributed by atoms with Crippen LogP contribution >= 0.6 is 0 Å². The number of nitrogens with one attached hydrogen (secondary N) is 2. The maximum absolute atomic E-state index is 12.8. The molecule has 0 saturated heterocycles. The molecule has 2 aromatic carbocycles. The zero-order valence-corrected chi connectivity index (χ0v) is 15.1. The Kier molecular flexibility index (Phi) is 7.85. The third kappa shape index (κ3) is 7.13. The highest BCUT2D eigenvalue weighted by Gasteiger charge is 2.08. The van der Waals surface area contributed by atoms with E-state index >= 15 is 0 Å². The van der Waals surface area contributed by atoms with Crippen molar-refractivity contribution in [2.45, 2.75) is 38.4 Å². The van der Waals surface area contributed by atoms with Crippen molar-refractivity contribution in [1.82, 2.24) is 0 Å². The van der Waals surface area contributed by atoms with E-state index in [-0.39, 0.29) is 24.5 Å². The molecule has 27 heavy (non-hydrogen) atoms. The average molecular weight is 377 g/mol. The second-order valence-corrected chi connectivity index (χ2v) is 6.37. The maximum Gasteiger partial charge on any atom is 0.224 e. The van der Waals surface area contributed by atoms with Gasteiger partial charge in [-0.1, -0.05) is 12.1 Å². The molecule has 0 aliphatic carbocycles. The van der Waals surface area contributed by atoms with E-state index < -0.39 is 12.8 Å². The first kappa shape index (κ1) is 20.5. The third-order valence-electron chi connectivity index (χ3n) is 4.10. The minimum Gasteiger partial charge on any atom is -0.508 e. The predicted octanol–water partition coefficient (Wildman–Crippen LogP) is 4.39. The molecular formula is C20H25F2N3O2. The summed E-state index contributed by atoms with van der Waals surface area (Å²) in [5.41, 5.74) is 8.75. The second kappa shape index (κ2) is 10.4. The van der Waals surface area contributed by atoms with Gasteiger partial charge in [-0.15, -0.1) is 0 Å². The van der Waals surface area contributed by atoms with Gasteiger partial charge in [0, 0.05) is 18.7 Å². The van der Waals surface area contributed by atoms with Crippen molar-refractivity contribution in [3.63, 3.8) is 0 Å². The Bertz CT molecular complexity index is 739. The molecule has 5 N–H and O–H groups in total. The Hall–Kier alpha value is -2.83. The molecule has 0 fully saturated rings. The molecule has 7 heteroatoms. The van der Waals surface area contributed by atoms with Gasteiger partial charge >= 0.3 is 0 Å². The maximum atomic E-state index is 12.8. The lowest BCUT2D eigenvalue weighted by Gasteiger charge is -2.12. The van der Waals surface area contributed by atoms with Crippen LogP contribution in [0.3, 0.4) is 0 Å². The van der Waals surface area contributed by atoms with E-state index in [9.17, 15) is 18.7 Å². The zero-order valence-electron chi connectivity index (χ0n) is 15.1. The van der Waals surface area contributed by atoms with Crippen molar-refractivity contribution in [2.75, 3.05) is 23.0 Å². The Morgan fingerprint density at radius 2 is 1.89 bits per heavy atom. The van der Waals surface area contributed by atoms with E-state index in [1.54, 1.807) is 30.3 Å². The van der Waals surface area contributed by atoms with Gasteiger partial charge in [-0.3, -0.25) is 4.79 Å². The SMILES string of the molecule is Nc1cc(NCc2ccc(O)cc2)ccc1NC(=O)CCCCC(F)CF. The monoisotopic (exact) mass is 377 g/mol. The Labute approximate surface area is 157 Å². The van der Waals surface area contributed by atoms with E-state index in [2.05, 4.69) is 10.6 Å². The molecule has 2 aromatic rings. The van der Waals surface area contributed by atoms with E-state index in [1.807, 2.05) is 12.1 Å². The van der Waals surface area contributed by atoms with E-state index in [0.717, 1.165) is 11.3 Å². The molecule has 0 aliphatic rings. The number of unbranched alkanes of at least 4 members (excludes halogenated alkanes) is 1. The Morgan fingerprint density at radius 3 is 2.56 bits per heavy atom. The molecule has 1 unspecified atom stereocenters. The number of phenolic OH excluding ortho intramolecular Hbond substituents is 1. The highest BCUT2D eigenvalue weighted by Crippen LogP contribution is 2.24. The van der Waals surface area contributed by atoms with Crippen LogP contribution in [0.1, 0.15) is 31.2 Å². The largest absolute Gasteiger partial charge is 0.508 e. The molecule has 1 amide bonds. The Morgan fingerprint density at radius 1 is 1.15 bits per heavy atom. The normalized spacial score (nSPS) is 11.8. The topological polar surface area (TPSA) is 87.4 Å². The Balaban J connectivity index is 1.79. The van der Waals surface area contributed by atoms with Crippen molar-refractivity contribution in [3.8, 4) is 5.75 Å². The average Bonchev–Trinajstić information content (AvgIpc) is 2.66. The van der Waals surface area contributed by atoms with Crippen LogP contribution in [-0.2, 0) is 11.3 Å². The van der Waals surface area contributed by atoms with Crippen molar-refractivity contribution in [1.29, 1.82) is 0 Å². The number of alkyl halides is 2. The van der Waals surface area contributed by atoms with Gasteiger partial charge in [0.25, 0.3) is 0 Å². The van der Waals surface area contributed by atoms with Gasteiger partial charge in [0.15, 0.2) is 0 Å². The first-order valence-corrected chi connectivity index (χ1v) is 8.89. The lowest BCUT2D eigenvalue weighted by Crippen LogP contribution is -2.13. The first-order valence-electron chi connectivity index (χ1n) is 8.89. The lowest BCUT2D eigenvalue weighted by atomic mass is 10.1. The molecule has 0 saturated carbocycles. The quantitative estimate of drug-likeness (QED) is 0.365. The number of halogens is 2. The fourth-order valence-corrected chi connectivity index (χ4v) is 2.55. The lowest BCUT2D eigenvalue weighted by molar-refractivity contribution is -0.116. The summed E-state index contributed by atoms with van der Waals surface area (Å²) in [6, 6.07) is 12.1. The van der Waals surface area contributed by atoms with Crippen LogP contribution in [-0.4, -0.2) is 23.9 Å². The fraction of sp³-hybridized carbons (Fsp3) is 0.350. The summed E-state index contributed by atoms with van der Waals surface area (Å²) in [4.78, 5) is 11.9. The predicted molar refractivity (Wildman–Crippen MR) is 104 cm³/mol. The molecule has 5 nitrogen and oxygen atoms in total. The highest BCUT2D eigenvalue weighted by atomic mass is 19.2. The molecule has 0 aliphatic heterocycles. The number of rotatable bonds is 10. The molecular weight excluding hydrogens is 352 g/mol. The van der Waals surface area contributed by atoms with E-state index in [0.29, 0.717) is 30.8 Å². The summed E-state index contributed by atoms with van der Waals surface area (Å²) in [6.45, 7) is -0.407. The third-order valence-corrected chi connectivity index (χ3v) is 4.10. The molecule has 0 spiro atoms. The molecule has 0 bridgehead atoms. The van der Waals surface area contributed by atoms with Crippen LogP contribution in [0.15, 0.2) is 42.5 Å². The zero-order chi connectivity index (χ0) is 19.6. The first-order chi connectivity index (χ1) is 13.0. The van der Waals surface area contributed by atoms with Crippen molar-refractivity contribution in [3.05, 3.63) is 48.0 Å². The number of aromatic hydroxyl groups is 1. The number of hydrogen-bond acceptors (Lipinski definition) is 4. The number of anilines is 3. The highest BCUT2D eigenvalue weighted by molar-refractivity contribution is 5.94. The van der Waals surface area contributed by atoms with E-state index in [1.165, 1.54) is 0 Å². The van der Waals surface area contributed by atoms with Crippen LogP contribution in [0.2, 0.25) is 0 Å². The van der Waals surface area contributed by atoms with Gasteiger partial charge < -0.3 is 21.5 Å². The van der Waals surface area contributed by atoms with Gasteiger partial charge in [0.2, 0.25) is 5.91 Å². The van der Waals surface area contributed by atoms with Crippen LogP contribution < -0.4 is 16.4 Å². The molecule has 146 valence electrons.